The average Bonchev–Trinajstić information content (AvgIpc) is 2.29. The molecule has 16 heavy (non-hydrogen) atoms. The summed E-state index contributed by atoms with van der Waals surface area (Å²) in [5.74, 6) is 0.0882. The van der Waals surface area contributed by atoms with Crippen LogP contribution in [0.1, 0.15) is 25.8 Å². The summed E-state index contributed by atoms with van der Waals surface area (Å²) in [4.78, 5) is 0. The van der Waals surface area contributed by atoms with Crippen molar-refractivity contribution in [1.29, 1.82) is 0 Å². The van der Waals surface area contributed by atoms with Gasteiger partial charge in [-0.1, -0.05) is 26.0 Å². The molecule has 90 valence electrons. The number of benzene rings is 1. The van der Waals surface area contributed by atoms with Crippen LogP contribution in [0.5, 0.6) is 5.75 Å². The normalized spacial score (nSPS) is 12.5. The lowest BCUT2D eigenvalue weighted by Gasteiger charge is -2.17. The predicted octanol–water partition coefficient (Wildman–Crippen LogP) is 2.90. The number of rotatable bonds is 6. The molecule has 0 bridgehead atoms. The molecule has 0 fully saturated rings. The third-order valence-corrected chi connectivity index (χ3v) is 2.58. The van der Waals surface area contributed by atoms with E-state index in [1.54, 1.807) is 19.1 Å². The van der Waals surface area contributed by atoms with Crippen molar-refractivity contribution in [3.63, 3.8) is 0 Å². The maximum absolute atomic E-state index is 13.6. The second kappa shape index (κ2) is 6.48. The van der Waals surface area contributed by atoms with Crippen LogP contribution in [0.25, 0.3) is 0 Å². The molecule has 0 aliphatic rings. The molecule has 1 unspecified atom stereocenters. The zero-order chi connectivity index (χ0) is 12.0. The van der Waals surface area contributed by atoms with E-state index in [1.807, 2.05) is 6.07 Å². The monoisotopic (exact) mass is 225 g/mol. The van der Waals surface area contributed by atoms with Gasteiger partial charge in [0.05, 0.1) is 0 Å². The molecule has 0 aliphatic carbocycles. The van der Waals surface area contributed by atoms with Crippen LogP contribution in [0.4, 0.5) is 4.39 Å². The Kier molecular flexibility index (Phi) is 5.26. The van der Waals surface area contributed by atoms with Crippen LogP contribution in [0, 0.1) is 12.7 Å². The van der Waals surface area contributed by atoms with Gasteiger partial charge in [-0.25, -0.2) is 4.39 Å². The van der Waals surface area contributed by atoms with Gasteiger partial charge in [0.25, 0.3) is 0 Å². The molecular weight excluding hydrogens is 205 g/mol. The third-order valence-electron chi connectivity index (χ3n) is 2.58. The lowest BCUT2D eigenvalue weighted by molar-refractivity contribution is 0.251. The number of halogens is 1. The van der Waals surface area contributed by atoms with Crippen LogP contribution in [-0.4, -0.2) is 19.2 Å². The Balaban J connectivity index is 2.56. The zero-order valence-corrected chi connectivity index (χ0v) is 10.2. The molecular formula is C13H20FNO. The van der Waals surface area contributed by atoms with Crippen molar-refractivity contribution in [3.05, 3.63) is 29.6 Å². The van der Waals surface area contributed by atoms with Crippen molar-refractivity contribution in [1.82, 2.24) is 5.32 Å². The highest BCUT2D eigenvalue weighted by atomic mass is 19.1. The van der Waals surface area contributed by atoms with E-state index in [9.17, 15) is 4.39 Å². The molecule has 0 saturated carbocycles. The first kappa shape index (κ1) is 13.0. The van der Waals surface area contributed by atoms with Gasteiger partial charge in [-0.15, -0.1) is 0 Å². The van der Waals surface area contributed by atoms with Crippen molar-refractivity contribution >= 4 is 0 Å². The fourth-order valence-electron chi connectivity index (χ4n) is 1.53. The van der Waals surface area contributed by atoms with E-state index in [2.05, 4.69) is 19.2 Å². The Morgan fingerprint density at radius 1 is 1.38 bits per heavy atom. The Labute approximate surface area is 96.8 Å². The summed E-state index contributed by atoms with van der Waals surface area (Å²) >= 11 is 0. The molecule has 1 aromatic rings. The number of nitrogens with one attached hydrogen (secondary N) is 1. The van der Waals surface area contributed by atoms with Gasteiger partial charge in [0.1, 0.15) is 6.61 Å². The van der Waals surface area contributed by atoms with Crippen molar-refractivity contribution in [2.45, 2.75) is 33.2 Å². The van der Waals surface area contributed by atoms with Gasteiger partial charge in [0.15, 0.2) is 11.6 Å². The molecule has 0 radical (unpaired) electrons. The maximum Gasteiger partial charge on any atom is 0.167 e. The summed E-state index contributed by atoms with van der Waals surface area (Å²) in [6, 6.07) is 5.50. The summed E-state index contributed by atoms with van der Waals surface area (Å²) in [7, 11) is 0. The van der Waals surface area contributed by atoms with Crippen molar-refractivity contribution in [2.75, 3.05) is 13.2 Å². The van der Waals surface area contributed by atoms with Gasteiger partial charge in [-0.2, -0.15) is 0 Å². The molecule has 0 aromatic heterocycles. The second-order valence-corrected chi connectivity index (χ2v) is 3.86. The molecule has 0 saturated heterocycles. The summed E-state index contributed by atoms with van der Waals surface area (Å²) < 4.78 is 19.1. The van der Waals surface area contributed by atoms with Gasteiger partial charge >= 0.3 is 0 Å². The molecule has 1 aromatic carbocycles. The van der Waals surface area contributed by atoms with Crippen LogP contribution >= 0.6 is 0 Å². The highest BCUT2D eigenvalue weighted by Crippen LogP contribution is 2.19. The van der Waals surface area contributed by atoms with Crippen LogP contribution < -0.4 is 10.1 Å². The third kappa shape index (κ3) is 3.49. The van der Waals surface area contributed by atoms with E-state index in [-0.39, 0.29) is 11.9 Å². The van der Waals surface area contributed by atoms with E-state index in [0.29, 0.717) is 17.9 Å². The van der Waals surface area contributed by atoms with Gasteiger partial charge in [-0.05, 0) is 31.5 Å². The highest BCUT2D eigenvalue weighted by molar-refractivity contribution is 5.30. The number of hydrogen-bond acceptors (Lipinski definition) is 2. The van der Waals surface area contributed by atoms with Crippen molar-refractivity contribution < 1.29 is 9.13 Å². The predicted molar refractivity (Wildman–Crippen MR) is 64.4 cm³/mol. The summed E-state index contributed by atoms with van der Waals surface area (Å²) in [5.41, 5.74) is 0.619. The molecule has 3 heteroatoms. The van der Waals surface area contributed by atoms with Crippen molar-refractivity contribution in [3.8, 4) is 5.75 Å². The molecule has 1 rings (SSSR count). The molecule has 1 atom stereocenters. The van der Waals surface area contributed by atoms with Gasteiger partial charge in [0, 0.05) is 6.04 Å². The van der Waals surface area contributed by atoms with Crippen LogP contribution in [0.3, 0.4) is 0 Å². The minimum atomic E-state index is -0.256. The molecule has 0 aliphatic heterocycles. The summed E-state index contributed by atoms with van der Waals surface area (Å²) in [5, 5.41) is 3.29. The molecule has 0 heterocycles. The van der Waals surface area contributed by atoms with E-state index in [0.717, 1.165) is 13.0 Å². The number of aryl methyl sites for hydroxylation is 1. The minimum Gasteiger partial charge on any atom is -0.489 e. The SMILES string of the molecule is CCNC(CC)COc1cccc(C)c1F. The Bertz CT molecular complexity index is 328. The Morgan fingerprint density at radius 3 is 2.75 bits per heavy atom. The number of hydrogen-bond donors (Lipinski definition) is 1. The molecule has 0 spiro atoms. The van der Waals surface area contributed by atoms with Crippen LogP contribution in [-0.2, 0) is 0 Å². The highest BCUT2D eigenvalue weighted by Gasteiger charge is 2.09. The second-order valence-electron chi connectivity index (χ2n) is 3.86. The summed E-state index contributed by atoms with van der Waals surface area (Å²) in [6.07, 6.45) is 0.973. The van der Waals surface area contributed by atoms with Crippen LogP contribution in [0.15, 0.2) is 18.2 Å². The lowest BCUT2D eigenvalue weighted by Crippen LogP contribution is -2.33. The smallest absolute Gasteiger partial charge is 0.167 e. The first-order chi connectivity index (χ1) is 7.69. The van der Waals surface area contributed by atoms with E-state index in [1.165, 1.54) is 0 Å². The standard InChI is InChI=1S/C13H20FNO/c1-4-11(15-5-2)9-16-12-8-6-7-10(3)13(12)14/h6-8,11,15H,4-5,9H2,1-3H3. The first-order valence-electron chi connectivity index (χ1n) is 5.80. The maximum atomic E-state index is 13.6. The topological polar surface area (TPSA) is 21.3 Å². The van der Waals surface area contributed by atoms with Gasteiger partial charge in [-0.3, -0.25) is 0 Å². The molecule has 0 amide bonds. The van der Waals surface area contributed by atoms with Gasteiger partial charge < -0.3 is 10.1 Å². The van der Waals surface area contributed by atoms with Crippen LogP contribution in [0.2, 0.25) is 0 Å². The van der Waals surface area contributed by atoms with Gasteiger partial charge in [0.2, 0.25) is 0 Å². The first-order valence-corrected chi connectivity index (χ1v) is 5.80. The lowest BCUT2D eigenvalue weighted by atomic mass is 10.2. The summed E-state index contributed by atoms with van der Waals surface area (Å²) in [6.45, 7) is 7.28. The van der Waals surface area contributed by atoms with Crippen molar-refractivity contribution in [2.24, 2.45) is 0 Å². The Hall–Kier alpha value is -1.09. The number of likely N-dealkylation sites (N-methyl/N-ethyl adjacent to an activating group) is 1. The quantitative estimate of drug-likeness (QED) is 0.803. The van der Waals surface area contributed by atoms with E-state index < -0.39 is 0 Å². The fraction of sp³-hybridized carbons (Fsp3) is 0.538. The zero-order valence-electron chi connectivity index (χ0n) is 10.2. The number of ether oxygens (including phenoxy) is 1. The fourth-order valence-corrected chi connectivity index (χ4v) is 1.53. The van der Waals surface area contributed by atoms with E-state index in [4.69, 9.17) is 4.74 Å². The Morgan fingerprint density at radius 2 is 2.12 bits per heavy atom. The average molecular weight is 225 g/mol. The minimum absolute atomic E-state index is 0.256. The molecule has 2 nitrogen and oxygen atoms in total. The van der Waals surface area contributed by atoms with E-state index >= 15 is 0 Å². The largest absolute Gasteiger partial charge is 0.489 e. The molecule has 1 N–H and O–H groups in total.